The van der Waals surface area contributed by atoms with Gasteiger partial charge < -0.3 is 9.73 Å². The molecule has 1 aliphatic heterocycles. The van der Waals surface area contributed by atoms with Crippen LogP contribution in [0.25, 0.3) is 17.4 Å². The van der Waals surface area contributed by atoms with Crippen LogP contribution >= 0.6 is 23.8 Å². The predicted octanol–water partition coefficient (Wildman–Crippen LogP) is 2.95. The van der Waals surface area contributed by atoms with Crippen molar-refractivity contribution < 1.29 is 9.21 Å². The Morgan fingerprint density at radius 1 is 1.10 bits per heavy atom. The van der Waals surface area contributed by atoms with E-state index in [-0.39, 0.29) is 5.91 Å². The van der Waals surface area contributed by atoms with Gasteiger partial charge in [-0.2, -0.15) is 0 Å². The van der Waals surface area contributed by atoms with E-state index in [4.69, 9.17) is 28.2 Å². The normalized spacial score (nSPS) is 16.4. The van der Waals surface area contributed by atoms with Crippen molar-refractivity contribution in [1.82, 2.24) is 10.6 Å². The van der Waals surface area contributed by atoms with E-state index < -0.39 is 0 Å². The summed E-state index contributed by atoms with van der Waals surface area (Å²) in [7, 11) is 0. The molecular weight excluding hydrogens is 296 g/mol. The van der Waals surface area contributed by atoms with Crippen molar-refractivity contribution >= 4 is 40.9 Å². The summed E-state index contributed by atoms with van der Waals surface area (Å²) in [6.07, 6.45) is 1.61. The van der Waals surface area contributed by atoms with Crippen LogP contribution in [0.5, 0.6) is 0 Å². The van der Waals surface area contributed by atoms with Crippen molar-refractivity contribution in [3.8, 4) is 11.3 Å². The number of rotatable bonds is 2. The van der Waals surface area contributed by atoms with E-state index in [1.54, 1.807) is 24.3 Å². The van der Waals surface area contributed by atoms with Crippen LogP contribution < -0.4 is 10.6 Å². The molecule has 0 aliphatic carbocycles. The third-order valence-electron chi connectivity index (χ3n) is 2.76. The van der Waals surface area contributed by atoms with E-state index in [2.05, 4.69) is 10.6 Å². The molecule has 1 aromatic heterocycles. The van der Waals surface area contributed by atoms with Gasteiger partial charge in [-0.15, -0.1) is 0 Å². The number of thiocarbonyl (C=S) groups is 1. The minimum absolute atomic E-state index is 0.264. The number of halogens is 1. The van der Waals surface area contributed by atoms with Gasteiger partial charge in [-0.3, -0.25) is 10.1 Å². The largest absolute Gasteiger partial charge is 0.457 e. The average molecular weight is 305 g/mol. The first-order chi connectivity index (χ1) is 9.61. The summed E-state index contributed by atoms with van der Waals surface area (Å²) in [6.45, 7) is 0. The van der Waals surface area contributed by atoms with Crippen molar-refractivity contribution in [3.63, 3.8) is 0 Å². The van der Waals surface area contributed by atoms with Crippen molar-refractivity contribution in [2.45, 2.75) is 0 Å². The monoisotopic (exact) mass is 304 g/mol. The molecule has 0 atom stereocenters. The second-order valence-corrected chi connectivity index (χ2v) is 5.02. The Morgan fingerprint density at radius 3 is 2.50 bits per heavy atom. The lowest BCUT2D eigenvalue weighted by Crippen LogP contribution is -2.21. The minimum atomic E-state index is -0.264. The summed E-state index contributed by atoms with van der Waals surface area (Å²) in [4.78, 5) is 11.5. The summed E-state index contributed by atoms with van der Waals surface area (Å²) < 4.78 is 5.67. The molecule has 0 saturated carbocycles. The third kappa shape index (κ3) is 2.59. The number of nitrogens with one attached hydrogen (secondary N) is 2. The first-order valence-corrected chi connectivity index (χ1v) is 6.60. The van der Waals surface area contributed by atoms with Crippen LogP contribution in [0.3, 0.4) is 0 Å². The van der Waals surface area contributed by atoms with Crippen molar-refractivity contribution in [3.05, 3.63) is 52.9 Å². The number of amides is 1. The maximum Gasteiger partial charge on any atom is 0.274 e. The van der Waals surface area contributed by atoms with Crippen LogP contribution in [-0.4, -0.2) is 11.0 Å². The van der Waals surface area contributed by atoms with Crippen molar-refractivity contribution in [2.75, 3.05) is 0 Å². The van der Waals surface area contributed by atoms with Crippen LogP contribution in [0.2, 0.25) is 5.02 Å². The van der Waals surface area contributed by atoms with E-state index in [9.17, 15) is 4.79 Å². The molecular formula is C14H9ClN2O2S. The molecule has 0 unspecified atom stereocenters. The average Bonchev–Trinajstić information content (AvgIpc) is 2.98. The molecule has 6 heteroatoms. The highest BCUT2D eigenvalue weighted by Crippen LogP contribution is 2.24. The summed E-state index contributed by atoms with van der Waals surface area (Å²) in [5.41, 5.74) is 1.28. The standard InChI is InChI=1S/C14H9ClN2O2S/c15-9-3-1-8(2-4-9)12-6-5-10(19-12)7-11-13(18)17-14(20)16-11/h1-7H,(H2,16,17,18,20). The fourth-order valence-electron chi connectivity index (χ4n) is 1.82. The van der Waals surface area contributed by atoms with Crippen LogP contribution in [0, 0.1) is 0 Å². The predicted molar refractivity (Wildman–Crippen MR) is 81.0 cm³/mol. The molecule has 2 aromatic rings. The van der Waals surface area contributed by atoms with Gasteiger partial charge in [0.25, 0.3) is 5.91 Å². The Balaban J connectivity index is 1.87. The fraction of sp³-hybridized carbons (Fsp3) is 0. The Bertz CT molecular complexity index is 719. The van der Waals surface area contributed by atoms with E-state index in [0.717, 1.165) is 5.56 Å². The molecule has 0 bridgehead atoms. The van der Waals surface area contributed by atoms with Crippen LogP contribution in [0.1, 0.15) is 5.76 Å². The summed E-state index contributed by atoms with van der Waals surface area (Å²) in [6, 6.07) is 10.9. The lowest BCUT2D eigenvalue weighted by molar-refractivity contribution is -0.115. The Morgan fingerprint density at radius 2 is 1.85 bits per heavy atom. The SMILES string of the molecule is O=C1NC(=S)NC1=Cc1ccc(-c2ccc(Cl)cc2)o1. The van der Waals surface area contributed by atoms with Gasteiger partial charge in [-0.1, -0.05) is 11.6 Å². The van der Waals surface area contributed by atoms with Gasteiger partial charge in [0.2, 0.25) is 0 Å². The molecule has 100 valence electrons. The Kier molecular flexibility index (Phi) is 3.30. The van der Waals surface area contributed by atoms with Crippen LogP contribution in [-0.2, 0) is 4.79 Å². The fourth-order valence-corrected chi connectivity index (χ4v) is 2.15. The highest BCUT2D eigenvalue weighted by atomic mass is 35.5. The molecule has 1 aliphatic rings. The van der Waals surface area contributed by atoms with Gasteiger partial charge in [-0.25, -0.2) is 0 Å². The lowest BCUT2D eigenvalue weighted by Gasteiger charge is -1.97. The maximum absolute atomic E-state index is 11.5. The maximum atomic E-state index is 11.5. The number of carbonyl (C=O) groups is 1. The van der Waals surface area contributed by atoms with Gasteiger partial charge in [0.1, 0.15) is 17.2 Å². The summed E-state index contributed by atoms with van der Waals surface area (Å²) >= 11 is 10.7. The zero-order chi connectivity index (χ0) is 14.1. The quantitative estimate of drug-likeness (QED) is 0.661. The molecule has 1 amide bonds. The minimum Gasteiger partial charge on any atom is -0.457 e. The highest BCUT2D eigenvalue weighted by molar-refractivity contribution is 7.80. The molecule has 1 saturated heterocycles. The molecule has 4 nitrogen and oxygen atoms in total. The zero-order valence-corrected chi connectivity index (χ0v) is 11.7. The van der Waals surface area contributed by atoms with Gasteiger partial charge in [-0.05, 0) is 48.6 Å². The lowest BCUT2D eigenvalue weighted by atomic mass is 10.2. The second-order valence-electron chi connectivity index (χ2n) is 4.18. The van der Waals surface area contributed by atoms with Crippen LogP contribution in [0.4, 0.5) is 0 Å². The van der Waals surface area contributed by atoms with E-state index in [1.807, 2.05) is 18.2 Å². The number of carbonyl (C=O) groups excluding carboxylic acids is 1. The van der Waals surface area contributed by atoms with Gasteiger partial charge in [0, 0.05) is 16.7 Å². The summed E-state index contributed by atoms with van der Waals surface area (Å²) in [5.74, 6) is 1.01. The van der Waals surface area contributed by atoms with Crippen molar-refractivity contribution in [2.24, 2.45) is 0 Å². The number of benzene rings is 1. The first kappa shape index (κ1) is 12.9. The highest BCUT2D eigenvalue weighted by Gasteiger charge is 2.20. The smallest absolute Gasteiger partial charge is 0.274 e. The Hall–Kier alpha value is -2.11. The van der Waals surface area contributed by atoms with E-state index >= 15 is 0 Å². The third-order valence-corrected chi connectivity index (χ3v) is 3.22. The first-order valence-electron chi connectivity index (χ1n) is 5.81. The van der Waals surface area contributed by atoms with Crippen LogP contribution in [0.15, 0.2) is 46.5 Å². The Labute approximate surface area is 125 Å². The number of furan rings is 1. The zero-order valence-electron chi connectivity index (χ0n) is 10.1. The van der Waals surface area contributed by atoms with Gasteiger partial charge in [0.15, 0.2) is 5.11 Å². The molecule has 1 aromatic carbocycles. The molecule has 1 fully saturated rings. The number of hydrogen-bond acceptors (Lipinski definition) is 3. The molecule has 3 rings (SSSR count). The number of hydrogen-bond donors (Lipinski definition) is 2. The summed E-state index contributed by atoms with van der Waals surface area (Å²) in [5, 5.41) is 6.22. The van der Waals surface area contributed by atoms with Gasteiger partial charge in [0.05, 0.1) is 0 Å². The van der Waals surface area contributed by atoms with Gasteiger partial charge >= 0.3 is 0 Å². The molecule has 2 N–H and O–H groups in total. The molecule has 0 radical (unpaired) electrons. The van der Waals surface area contributed by atoms with E-state index in [1.165, 1.54) is 0 Å². The van der Waals surface area contributed by atoms with Crippen molar-refractivity contribution in [1.29, 1.82) is 0 Å². The molecule has 0 spiro atoms. The van der Waals surface area contributed by atoms with E-state index in [0.29, 0.717) is 27.4 Å². The molecule has 20 heavy (non-hydrogen) atoms. The topological polar surface area (TPSA) is 54.3 Å². The second kappa shape index (κ2) is 5.11. The molecule has 2 heterocycles.